The highest BCUT2D eigenvalue weighted by Crippen LogP contribution is 2.23. The van der Waals surface area contributed by atoms with Gasteiger partial charge in [0.2, 0.25) is 0 Å². The summed E-state index contributed by atoms with van der Waals surface area (Å²) in [5.41, 5.74) is 1.83. The lowest BCUT2D eigenvalue weighted by Gasteiger charge is -2.17. The molecule has 0 unspecified atom stereocenters. The molecule has 1 fully saturated rings. The number of ether oxygens (including phenoxy) is 1. The van der Waals surface area contributed by atoms with Crippen molar-refractivity contribution in [3.63, 3.8) is 0 Å². The van der Waals surface area contributed by atoms with Crippen LogP contribution in [0.15, 0.2) is 42.5 Å². The van der Waals surface area contributed by atoms with E-state index in [-0.39, 0.29) is 11.3 Å². The average Bonchev–Trinajstić information content (AvgIpc) is 3.27. The molecular weight excluding hydrogens is 376 g/mol. The Morgan fingerprint density at radius 2 is 1.83 bits per heavy atom. The number of nitrogens with zero attached hydrogens (tertiary/aromatic N) is 2. The van der Waals surface area contributed by atoms with Crippen LogP contribution in [0, 0.1) is 10.1 Å². The molecule has 0 radical (unpaired) electrons. The van der Waals surface area contributed by atoms with Crippen molar-refractivity contribution in [3.8, 4) is 0 Å². The fourth-order valence-corrected chi connectivity index (χ4v) is 3.17. The second kappa shape index (κ2) is 9.05. The molecule has 1 aliphatic heterocycles. The third kappa shape index (κ3) is 5.01. The number of benzene rings is 2. The first-order valence-corrected chi connectivity index (χ1v) is 9.26. The molecule has 1 aliphatic rings. The van der Waals surface area contributed by atoms with Gasteiger partial charge in [0.1, 0.15) is 0 Å². The Balaban J connectivity index is 1.57. The summed E-state index contributed by atoms with van der Waals surface area (Å²) in [4.78, 5) is 37.0. The largest absolute Gasteiger partial charge is 0.452 e. The van der Waals surface area contributed by atoms with Gasteiger partial charge in [-0.2, -0.15) is 0 Å². The Morgan fingerprint density at radius 3 is 2.45 bits per heavy atom. The molecule has 2 N–H and O–H groups in total. The smallest absolute Gasteiger partial charge is 0.341 e. The maximum atomic E-state index is 12.3. The van der Waals surface area contributed by atoms with Crippen LogP contribution in [0.1, 0.15) is 23.2 Å². The zero-order valence-corrected chi connectivity index (χ0v) is 16.0. The van der Waals surface area contributed by atoms with Crippen LogP contribution < -0.4 is 15.5 Å². The molecule has 152 valence electrons. The summed E-state index contributed by atoms with van der Waals surface area (Å²) in [6.07, 6.45) is 2.37. The minimum absolute atomic E-state index is 0.00975. The Kier molecular flexibility index (Phi) is 6.28. The molecule has 0 bridgehead atoms. The Bertz CT molecular complexity index is 908. The van der Waals surface area contributed by atoms with Crippen LogP contribution >= 0.6 is 0 Å². The van der Waals surface area contributed by atoms with E-state index in [0.29, 0.717) is 11.4 Å². The van der Waals surface area contributed by atoms with E-state index >= 15 is 0 Å². The van der Waals surface area contributed by atoms with Gasteiger partial charge in [0, 0.05) is 49.3 Å². The van der Waals surface area contributed by atoms with Gasteiger partial charge in [0.05, 0.1) is 10.5 Å². The molecule has 9 nitrogen and oxygen atoms in total. The van der Waals surface area contributed by atoms with Gasteiger partial charge >= 0.3 is 5.97 Å². The number of non-ortho nitro benzene ring substituents is 1. The number of hydrogen-bond acceptors (Lipinski definition) is 7. The molecule has 1 heterocycles. The number of nitro groups is 1. The van der Waals surface area contributed by atoms with E-state index < -0.39 is 23.4 Å². The summed E-state index contributed by atoms with van der Waals surface area (Å²) >= 11 is 0. The molecule has 0 atom stereocenters. The SMILES string of the molecule is CNc1ccc([N+](=O)[O-])cc1C(=O)OCC(=O)Nc1ccc(N2CCCC2)cc1. The van der Waals surface area contributed by atoms with Gasteiger partial charge in [-0.3, -0.25) is 14.9 Å². The fraction of sp³-hybridized carbons (Fsp3) is 0.300. The van der Waals surface area contributed by atoms with Crippen molar-refractivity contribution in [2.45, 2.75) is 12.8 Å². The lowest BCUT2D eigenvalue weighted by atomic mass is 10.1. The zero-order chi connectivity index (χ0) is 20.8. The fourth-order valence-electron chi connectivity index (χ4n) is 3.17. The van der Waals surface area contributed by atoms with Gasteiger partial charge in [0.25, 0.3) is 11.6 Å². The van der Waals surface area contributed by atoms with E-state index in [1.807, 2.05) is 12.1 Å². The summed E-state index contributed by atoms with van der Waals surface area (Å²) in [6, 6.07) is 11.3. The van der Waals surface area contributed by atoms with Crippen molar-refractivity contribution in [3.05, 3.63) is 58.1 Å². The van der Waals surface area contributed by atoms with E-state index in [4.69, 9.17) is 4.74 Å². The number of amides is 1. The Hall–Kier alpha value is -3.62. The van der Waals surface area contributed by atoms with Crippen LogP contribution in [0.2, 0.25) is 0 Å². The number of esters is 1. The summed E-state index contributed by atoms with van der Waals surface area (Å²) in [6.45, 7) is 1.57. The zero-order valence-electron chi connectivity index (χ0n) is 16.0. The molecule has 0 spiro atoms. The van der Waals surface area contributed by atoms with E-state index in [2.05, 4.69) is 15.5 Å². The third-order valence-electron chi connectivity index (χ3n) is 4.66. The van der Waals surface area contributed by atoms with Crippen LogP contribution in [0.5, 0.6) is 0 Å². The first kappa shape index (κ1) is 20.1. The number of hydrogen-bond donors (Lipinski definition) is 2. The molecule has 0 saturated carbocycles. The summed E-state index contributed by atoms with van der Waals surface area (Å²) in [5, 5.41) is 16.4. The van der Waals surface area contributed by atoms with Crippen LogP contribution in [0.25, 0.3) is 0 Å². The molecule has 3 rings (SSSR count). The van der Waals surface area contributed by atoms with Crippen LogP contribution in [0.3, 0.4) is 0 Å². The number of carbonyl (C=O) groups is 2. The Morgan fingerprint density at radius 1 is 1.14 bits per heavy atom. The quantitative estimate of drug-likeness (QED) is 0.419. The number of nitro benzene ring substituents is 1. The highest BCUT2D eigenvalue weighted by atomic mass is 16.6. The van der Waals surface area contributed by atoms with E-state index in [0.717, 1.165) is 24.8 Å². The molecule has 0 aliphatic carbocycles. The Labute approximate surface area is 167 Å². The maximum absolute atomic E-state index is 12.3. The molecule has 29 heavy (non-hydrogen) atoms. The van der Waals surface area contributed by atoms with E-state index in [1.165, 1.54) is 25.0 Å². The monoisotopic (exact) mass is 398 g/mol. The van der Waals surface area contributed by atoms with Crippen molar-refractivity contribution in [1.29, 1.82) is 0 Å². The summed E-state index contributed by atoms with van der Waals surface area (Å²) in [5.74, 6) is -1.32. The first-order valence-electron chi connectivity index (χ1n) is 9.26. The van der Waals surface area contributed by atoms with Crippen LogP contribution in [-0.4, -0.2) is 43.5 Å². The lowest BCUT2D eigenvalue weighted by Crippen LogP contribution is -2.21. The van der Waals surface area contributed by atoms with Crippen molar-refractivity contribution in [2.75, 3.05) is 42.3 Å². The predicted octanol–water partition coefficient (Wildman–Crippen LogP) is 3.03. The second-order valence-electron chi connectivity index (χ2n) is 6.60. The van der Waals surface area contributed by atoms with Crippen molar-refractivity contribution in [1.82, 2.24) is 0 Å². The lowest BCUT2D eigenvalue weighted by molar-refractivity contribution is -0.384. The molecule has 9 heteroatoms. The van der Waals surface area contributed by atoms with Gasteiger partial charge in [0.15, 0.2) is 6.61 Å². The second-order valence-corrected chi connectivity index (χ2v) is 6.60. The minimum atomic E-state index is -0.822. The van der Waals surface area contributed by atoms with Gasteiger partial charge in [-0.05, 0) is 43.2 Å². The van der Waals surface area contributed by atoms with Gasteiger partial charge in [-0.15, -0.1) is 0 Å². The normalized spacial score (nSPS) is 13.1. The van der Waals surface area contributed by atoms with Gasteiger partial charge in [-0.25, -0.2) is 4.79 Å². The minimum Gasteiger partial charge on any atom is -0.452 e. The highest BCUT2D eigenvalue weighted by molar-refractivity contribution is 5.99. The molecule has 1 amide bonds. The highest BCUT2D eigenvalue weighted by Gasteiger charge is 2.19. The number of nitrogens with one attached hydrogen (secondary N) is 2. The van der Waals surface area contributed by atoms with Gasteiger partial charge < -0.3 is 20.3 Å². The summed E-state index contributed by atoms with van der Waals surface area (Å²) in [7, 11) is 1.58. The average molecular weight is 398 g/mol. The number of rotatable bonds is 7. The summed E-state index contributed by atoms with van der Waals surface area (Å²) < 4.78 is 5.02. The molecular formula is C20H22N4O5. The number of anilines is 3. The van der Waals surface area contributed by atoms with Gasteiger partial charge in [-0.1, -0.05) is 0 Å². The van der Waals surface area contributed by atoms with Crippen molar-refractivity contribution < 1.29 is 19.2 Å². The van der Waals surface area contributed by atoms with Crippen LogP contribution in [0.4, 0.5) is 22.7 Å². The van der Waals surface area contributed by atoms with E-state index in [1.54, 1.807) is 19.2 Å². The van der Waals surface area contributed by atoms with E-state index in [9.17, 15) is 19.7 Å². The molecule has 2 aromatic carbocycles. The molecule has 2 aromatic rings. The van der Waals surface area contributed by atoms with Crippen LogP contribution in [-0.2, 0) is 9.53 Å². The topological polar surface area (TPSA) is 114 Å². The standard InChI is InChI=1S/C20H22N4O5/c1-21-18-9-8-16(24(27)28)12-17(18)20(26)29-13-19(25)22-14-4-6-15(7-5-14)23-10-2-3-11-23/h4-9,12,21H,2-3,10-11,13H2,1H3,(H,22,25). The van der Waals surface area contributed by atoms with Crippen molar-refractivity contribution in [2.24, 2.45) is 0 Å². The molecule has 1 saturated heterocycles. The maximum Gasteiger partial charge on any atom is 0.341 e. The molecule has 0 aromatic heterocycles. The first-order chi connectivity index (χ1) is 14.0. The van der Waals surface area contributed by atoms with Crippen molar-refractivity contribution >= 4 is 34.6 Å². The predicted molar refractivity (Wildman–Crippen MR) is 109 cm³/mol. The number of carbonyl (C=O) groups excluding carboxylic acids is 2. The third-order valence-corrected chi connectivity index (χ3v) is 4.66.